The molecule has 0 aromatic heterocycles. The highest BCUT2D eigenvalue weighted by atomic mass is 35.5. The van der Waals surface area contributed by atoms with Gasteiger partial charge >= 0.3 is 5.97 Å². The van der Waals surface area contributed by atoms with Crippen molar-refractivity contribution in [1.82, 2.24) is 0 Å². The largest absolute Gasteiger partial charge is 0.492 e. The summed E-state index contributed by atoms with van der Waals surface area (Å²) in [5, 5.41) is 0.403. The van der Waals surface area contributed by atoms with Crippen molar-refractivity contribution in [3.63, 3.8) is 0 Å². The maximum atomic E-state index is 11.6. The first kappa shape index (κ1) is 29.0. The third-order valence-corrected chi connectivity index (χ3v) is 6.77. The fraction of sp³-hybridized carbons (Fsp3) is 0.265. The number of halogens is 1. The van der Waals surface area contributed by atoms with Gasteiger partial charge in [-0.15, -0.1) is 0 Å². The van der Waals surface area contributed by atoms with Crippen LogP contribution in [-0.4, -0.2) is 19.7 Å². The molecule has 4 rings (SSSR count). The van der Waals surface area contributed by atoms with Crippen LogP contribution in [0.5, 0.6) is 17.2 Å². The van der Waals surface area contributed by atoms with Gasteiger partial charge in [0.15, 0.2) is 11.5 Å². The molecule has 0 unspecified atom stereocenters. The molecule has 0 N–H and O–H groups in total. The number of aryl methyl sites for hydroxylation is 1. The number of hydrogen-bond donors (Lipinski definition) is 0. The Morgan fingerprint density at radius 2 is 1.35 bits per heavy atom. The average molecular weight is 559 g/mol. The number of rotatable bonds is 15. The highest BCUT2D eigenvalue weighted by Crippen LogP contribution is 2.34. The Labute approximate surface area is 241 Å². The van der Waals surface area contributed by atoms with Crippen molar-refractivity contribution in [3.05, 3.63) is 124 Å². The minimum absolute atomic E-state index is 0.403. The van der Waals surface area contributed by atoms with Crippen molar-refractivity contribution < 1.29 is 23.7 Å². The van der Waals surface area contributed by atoms with Crippen LogP contribution in [0, 0.1) is 0 Å². The summed E-state index contributed by atoms with van der Waals surface area (Å²) < 4.78 is 23.1. The van der Waals surface area contributed by atoms with Gasteiger partial charge in [0.1, 0.15) is 19.0 Å². The summed E-state index contributed by atoms with van der Waals surface area (Å²) in [6.07, 6.45) is 4.92. The van der Waals surface area contributed by atoms with Crippen LogP contribution in [0.1, 0.15) is 52.7 Å². The molecule has 5 nitrogen and oxygen atoms in total. The molecule has 208 valence electrons. The van der Waals surface area contributed by atoms with Crippen LogP contribution in [0.25, 0.3) is 0 Å². The molecule has 0 saturated heterocycles. The van der Waals surface area contributed by atoms with Crippen LogP contribution in [0.15, 0.2) is 97.1 Å². The lowest BCUT2D eigenvalue weighted by Gasteiger charge is -2.17. The lowest BCUT2D eigenvalue weighted by Crippen LogP contribution is -2.04. The summed E-state index contributed by atoms with van der Waals surface area (Å²) in [4.78, 5) is 11.6. The van der Waals surface area contributed by atoms with Gasteiger partial charge in [-0.25, -0.2) is 4.79 Å². The van der Waals surface area contributed by atoms with Crippen molar-refractivity contribution in [2.45, 2.75) is 45.3 Å². The molecule has 0 heterocycles. The SMILES string of the molecule is COC(=O)c1ccc(OCCCCCCc2cccc(OCc3ccccc3)c2OCc2ccccc2)c(Cl)c1. The van der Waals surface area contributed by atoms with Gasteiger partial charge in [-0.05, 0) is 60.2 Å². The van der Waals surface area contributed by atoms with Crippen molar-refractivity contribution in [2.24, 2.45) is 0 Å². The summed E-state index contributed by atoms with van der Waals surface area (Å²) in [5.41, 5.74) is 3.79. The van der Waals surface area contributed by atoms with E-state index in [1.165, 1.54) is 7.11 Å². The molecule has 0 radical (unpaired) electrons. The molecule has 4 aromatic carbocycles. The van der Waals surface area contributed by atoms with E-state index < -0.39 is 5.97 Å². The van der Waals surface area contributed by atoms with E-state index in [1.807, 2.05) is 48.5 Å². The standard InChI is InChI=1S/C34H35ClO5/c1-37-34(36)29-20-21-31(30(35)23-29)38-22-11-3-2-10-17-28-18-12-19-32(39-24-26-13-6-4-7-14-26)33(28)40-25-27-15-8-5-9-16-27/h4-9,12-16,18-21,23H,2-3,10-11,17,22,24-25H2,1H3. The normalized spacial score (nSPS) is 10.7. The Morgan fingerprint density at radius 1 is 0.675 bits per heavy atom. The Bertz CT molecular complexity index is 1340. The van der Waals surface area contributed by atoms with E-state index in [2.05, 4.69) is 30.3 Å². The maximum absolute atomic E-state index is 11.6. The molecule has 0 atom stereocenters. The molecular weight excluding hydrogens is 524 g/mol. The summed E-state index contributed by atoms with van der Waals surface area (Å²) in [6.45, 7) is 1.53. The van der Waals surface area contributed by atoms with Crippen LogP contribution in [0.2, 0.25) is 5.02 Å². The number of methoxy groups -OCH3 is 1. The third kappa shape index (κ3) is 8.78. The number of carbonyl (C=O) groups excluding carboxylic acids is 1. The van der Waals surface area contributed by atoms with E-state index in [1.54, 1.807) is 18.2 Å². The topological polar surface area (TPSA) is 54.0 Å². The quantitative estimate of drug-likeness (QED) is 0.108. The molecule has 0 aliphatic rings. The lowest BCUT2D eigenvalue weighted by atomic mass is 10.0. The molecule has 0 bridgehead atoms. The van der Waals surface area contributed by atoms with Crippen molar-refractivity contribution in [2.75, 3.05) is 13.7 Å². The van der Waals surface area contributed by atoms with Crippen LogP contribution in [-0.2, 0) is 24.4 Å². The Morgan fingerprint density at radius 3 is 2.02 bits per heavy atom. The first-order chi connectivity index (χ1) is 19.6. The first-order valence-corrected chi connectivity index (χ1v) is 14.0. The van der Waals surface area contributed by atoms with Gasteiger partial charge in [-0.1, -0.05) is 97.2 Å². The summed E-state index contributed by atoms with van der Waals surface area (Å²) in [7, 11) is 1.34. The summed E-state index contributed by atoms with van der Waals surface area (Å²) >= 11 is 6.26. The second kappa shape index (κ2) is 15.6. The number of unbranched alkanes of at least 4 members (excludes halogenated alkanes) is 3. The second-order valence-corrected chi connectivity index (χ2v) is 9.85. The van der Waals surface area contributed by atoms with E-state index in [0.717, 1.165) is 60.3 Å². The van der Waals surface area contributed by atoms with E-state index in [4.69, 9.17) is 30.5 Å². The number of esters is 1. The van der Waals surface area contributed by atoms with E-state index in [-0.39, 0.29) is 0 Å². The van der Waals surface area contributed by atoms with Gasteiger partial charge in [-0.3, -0.25) is 0 Å². The number of carbonyl (C=O) groups is 1. The maximum Gasteiger partial charge on any atom is 0.337 e. The molecule has 0 amide bonds. The van der Waals surface area contributed by atoms with Gasteiger partial charge in [0.25, 0.3) is 0 Å². The number of hydrogen-bond acceptors (Lipinski definition) is 5. The van der Waals surface area contributed by atoms with E-state index in [9.17, 15) is 4.79 Å². The van der Waals surface area contributed by atoms with E-state index >= 15 is 0 Å². The van der Waals surface area contributed by atoms with Crippen LogP contribution < -0.4 is 14.2 Å². The molecule has 0 fully saturated rings. The Balaban J connectivity index is 1.28. The van der Waals surface area contributed by atoms with Gasteiger partial charge in [0, 0.05) is 0 Å². The highest BCUT2D eigenvalue weighted by molar-refractivity contribution is 6.32. The van der Waals surface area contributed by atoms with Gasteiger partial charge in [-0.2, -0.15) is 0 Å². The van der Waals surface area contributed by atoms with E-state index in [0.29, 0.717) is 36.2 Å². The van der Waals surface area contributed by atoms with Crippen molar-refractivity contribution in [1.29, 1.82) is 0 Å². The molecule has 0 spiro atoms. The second-order valence-electron chi connectivity index (χ2n) is 9.44. The Kier molecular flexibility index (Phi) is 11.3. The molecule has 0 saturated carbocycles. The third-order valence-electron chi connectivity index (χ3n) is 6.47. The first-order valence-electron chi connectivity index (χ1n) is 13.6. The highest BCUT2D eigenvalue weighted by Gasteiger charge is 2.13. The molecule has 0 aliphatic carbocycles. The van der Waals surface area contributed by atoms with Crippen LogP contribution >= 0.6 is 11.6 Å². The van der Waals surface area contributed by atoms with Crippen molar-refractivity contribution >= 4 is 17.6 Å². The number of benzene rings is 4. The Hall–Kier alpha value is -3.96. The average Bonchev–Trinajstić information content (AvgIpc) is 3.00. The zero-order chi connectivity index (χ0) is 28.0. The van der Waals surface area contributed by atoms with Gasteiger partial charge < -0.3 is 18.9 Å². The van der Waals surface area contributed by atoms with Gasteiger partial charge in [0.2, 0.25) is 0 Å². The number of para-hydroxylation sites is 1. The zero-order valence-corrected chi connectivity index (χ0v) is 23.6. The summed E-state index contributed by atoms with van der Waals surface area (Å²) in [6, 6.07) is 31.4. The predicted molar refractivity (Wildman–Crippen MR) is 158 cm³/mol. The fourth-order valence-electron chi connectivity index (χ4n) is 4.32. The number of ether oxygens (including phenoxy) is 4. The van der Waals surface area contributed by atoms with Crippen LogP contribution in [0.4, 0.5) is 0 Å². The monoisotopic (exact) mass is 558 g/mol. The lowest BCUT2D eigenvalue weighted by molar-refractivity contribution is 0.0600. The van der Waals surface area contributed by atoms with Crippen LogP contribution in [0.3, 0.4) is 0 Å². The van der Waals surface area contributed by atoms with Gasteiger partial charge in [0.05, 0.1) is 24.3 Å². The van der Waals surface area contributed by atoms with Crippen molar-refractivity contribution in [3.8, 4) is 17.2 Å². The fourth-order valence-corrected chi connectivity index (χ4v) is 4.55. The minimum atomic E-state index is -0.421. The molecule has 0 aliphatic heterocycles. The smallest absolute Gasteiger partial charge is 0.337 e. The minimum Gasteiger partial charge on any atom is -0.492 e. The molecule has 6 heteroatoms. The molecule has 40 heavy (non-hydrogen) atoms. The molecule has 4 aromatic rings. The molecular formula is C34H35ClO5. The zero-order valence-electron chi connectivity index (χ0n) is 22.8. The predicted octanol–water partition coefficient (Wildman–Crippen LogP) is 8.47. The summed E-state index contributed by atoms with van der Waals surface area (Å²) in [5.74, 6) is 1.73.